The van der Waals surface area contributed by atoms with E-state index in [4.69, 9.17) is 4.74 Å². The molecule has 0 bridgehead atoms. The Labute approximate surface area is 174 Å². The van der Waals surface area contributed by atoms with E-state index in [1.807, 2.05) is 4.90 Å². The Morgan fingerprint density at radius 2 is 1.90 bits per heavy atom. The van der Waals surface area contributed by atoms with Gasteiger partial charge in [-0.25, -0.2) is 13.2 Å². The van der Waals surface area contributed by atoms with Gasteiger partial charge in [-0.15, -0.1) is 11.3 Å². The van der Waals surface area contributed by atoms with Gasteiger partial charge in [-0.1, -0.05) is 6.07 Å². The molecule has 2 aromatic heterocycles. The van der Waals surface area contributed by atoms with Crippen molar-refractivity contribution in [3.8, 4) is 0 Å². The van der Waals surface area contributed by atoms with Crippen molar-refractivity contribution in [2.24, 2.45) is 0 Å². The highest BCUT2D eigenvalue weighted by molar-refractivity contribution is 7.91. The number of sulfonamides is 1. The lowest BCUT2D eigenvalue weighted by Gasteiger charge is -2.33. The van der Waals surface area contributed by atoms with E-state index in [1.165, 1.54) is 15.6 Å². The van der Waals surface area contributed by atoms with Crippen LogP contribution in [0.5, 0.6) is 0 Å². The minimum absolute atomic E-state index is 0.129. The molecule has 29 heavy (non-hydrogen) atoms. The maximum Gasteiger partial charge on any atom is 0.340 e. The average Bonchev–Trinajstić information content (AvgIpc) is 3.31. The van der Waals surface area contributed by atoms with Gasteiger partial charge in [0.1, 0.15) is 4.21 Å². The predicted octanol–water partition coefficient (Wildman–Crippen LogP) is 2.06. The van der Waals surface area contributed by atoms with Gasteiger partial charge in [-0.3, -0.25) is 9.69 Å². The molecule has 8 nitrogen and oxygen atoms in total. The number of nitrogens with one attached hydrogen (secondary N) is 1. The van der Waals surface area contributed by atoms with Gasteiger partial charge >= 0.3 is 5.97 Å². The number of H-pyrrole nitrogens is 1. The van der Waals surface area contributed by atoms with Crippen LogP contribution in [0.3, 0.4) is 0 Å². The number of aryl methyl sites for hydroxylation is 1. The number of hydrogen-bond donors (Lipinski definition) is 1. The minimum atomic E-state index is -3.46. The molecule has 3 heterocycles. The Morgan fingerprint density at radius 1 is 1.21 bits per heavy atom. The van der Waals surface area contributed by atoms with Crippen molar-refractivity contribution in [2.45, 2.75) is 25.0 Å². The molecule has 0 aliphatic carbocycles. The van der Waals surface area contributed by atoms with Crippen molar-refractivity contribution in [3.63, 3.8) is 0 Å². The molecule has 0 spiro atoms. The predicted molar refractivity (Wildman–Crippen MR) is 110 cm³/mol. The Bertz CT molecular complexity index is 987. The minimum Gasteiger partial charge on any atom is -0.462 e. The Balaban J connectivity index is 1.63. The average molecular weight is 440 g/mol. The SMILES string of the molecule is CCOC(=O)c1c(C)[nH]c(C(=O)CN2CCN(S(=O)(=O)c3cccs3)CC2)c1C. The first-order valence-corrected chi connectivity index (χ1v) is 11.7. The number of ether oxygens (including phenoxy) is 1. The molecule has 1 fully saturated rings. The van der Waals surface area contributed by atoms with Crippen molar-refractivity contribution in [1.82, 2.24) is 14.2 Å². The molecule has 0 aromatic carbocycles. The van der Waals surface area contributed by atoms with E-state index in [1.54, 1.807) is 38.3 Å². The molecular formula is C19H25N3O5S2. The summed E-state index contributed by atoms with van der Waals surface area (Å²) in [5, 5.41) is 1.74. The Morgan fingerprint density at radius 3 is 2.48 bits per heavy atom. The summed E-state index contributed by atoms with van der Waals surface area (Å²) in [5.74, 6) is -0.569. The van der Waals surface area contributed by atoms with E-state index >= 15 is 0 Å². The van der Waals surface area contributed by atoms with E-state index in [0.29, 0.717) is 52.9 Å². The summed E-state index contributed by atoms with van der Waals surface area (Å²) in [5.41, 5.74) is 2.00. The fraction of sp³-hybridized carbons (Fsp3) is 0.474. The molecule has 2 aromatic rings. The normalized spacial score (nSPS) is 16.1. The lowest BCUT2D eigenvalue weighted by Crippen LogP contribution is -2.49. The van der Waals surface area contributed by atoms with Gasteiger partial charge in [0.25, 0.3) is 10.0 Å². The maximum absolute atomic E-state index is 12.8. The number of nitrogens with zero attached hydrogens (tertiary/aromatic N) is 2. The molecule has 0 amide bonds. The number of Topliss-reactive ketones (excluding diaryl/α,β-unsaturated/α-hetero) is 1. The van der Waals surface area contributed by atoms with Crippen LogP contribution in [0.15, 0.2) is 21.7 Å². The highest BCUT2D eigenvalue weighted by Gasteiger charge is 2.30. The quantitative estimate of drug-likeness (QED) is 0.524. The van der Waals surface area contributed by atoms with Crippen LogP contribution in [0.4, 0.5) is 0 Å². The van der Waals surface area contributed by atoms with Crippen LogP contribution >= 0.6 is 11.3 Å². The standard InChI is InChI=1S/C19H25N3O5S2/c1-4-27-19(24)17-13(2)18(20-14(17)3)15(23)12-21-7-9-22(10-8-21)29(25,26)16-6-5-11-28-16/h5-6,11,20H,4,7-10,12H2,1-3H3. The summed E-state index contributed by atoms with van der Waals surface area (Å²) >= 11 is 1.20. The first kappa shape index (κ1) is 21.7. The molecule has 1 N–H and O–H groups in total. The van der Waals surface area contributed by atoms with E-state index in [9.17, 15) is 18.0 Å². The molecule has 3 rings (SSSR count). The van der Waals surface area contributed by atoms with E-state index in [2.05, 4.69) is 4.98 Å². The number of aromatic amines is 1. The zero-order valence-corrected chi connectivity index (χ0v) is 18.4. The highest BCUT2D eigenvalue weighted by atomic mass is 32.2. The molecule has 0 radical (unpaired) electrons. The summed E-state index contributed by atoms with van der Waals surface area (Å²) in [6, 6.07) is 3.32. The van der Waals surface area contributed by atoms with Crippen LogP contribution in [-0.2, 0) is 14.8 Å². The van der Waals surface area contributed by atoms with Crippen LogP contribution in [-0.4, -0.2) is 73.7 Å². The third kappa shape index (κ3) is 4.45. The zero-order valence-electron chi connectivity index (χ0n) is 16.7. The molecule has 158 valence electrons. The third-order valence-corrected chi connectivity index (χ3v) is 8.26. The van der Waals surface area contributed by atoms with Gasteiger partial charge in [0.15, 0.2) is 5.78 Å². The number of esters is 1. The van der Waals surface area contributed by atoms with Gasteiger partial charge in [0, 0.05) is 31.9 Å². The number of aromatic nitrogens is 1. The van der Waals surface area contributed by atoms with E-state index in [0.717, 1.165) is 0 Å². The number of ketones is 1. The van der Waals surface area contributed by atoms with Gasteiger partial charge in [0.2, 0.25) is 0 Å². The number of hydrogen-bond acceptors (Lipinski definition) is 7. The fourth-order valence-electron chi connectivity index (χ4n) is 3.49. The second-order valence-electron chi connectivity index (χ2n) is 6.88. The molecule has 0 unspecified atom stereocenters. The largest absolute Gasteiger partial charge is 0.462 e. The summed E-state index contributed by atoms with van der Waals surface area (Å²) in [4.78, 5) is 29.8. The summed E-state index contributed by atoms with van der Waals surface area (Å²) in [6.07, 6.45) is 0. The highest BCUT2D eigenvalue weighted by Crippen LogP contribution is 2.23. The first-order chi connectivity index (χ1) is 13.8. The molecule has 10 heteroatoms. The van der Waals surface area contributed by atoms with E-state index < -0.39 is 16.0 Å². The Hall–Kier alpha value is -2.01. The van der Waals surface area contributed by atoms with Crippen molar-refractivity contribution >= 4 is 33.1 Å². The van der Waals surface area contributed by atoms with Gasteiger partial charge in [-0.05, 0) is 37.8 Å². The second-order valence-corrected chi connectivity index (χ2v) is 9.99. The van der Waals surface area contributed by atoms with Gasteiger partial charge in [-0.2, -0.15) is 4.31 Å². The third-order valence-electron chi connectivity index (χ3n) is 4.98. The second kappa shape index (κ2) is 8.78. The fourth-order valence-corrected chi connectivity index (χ4v) is 6.05. The molecule has 1 aliphatic rings. The lowest BCUT2D eigenvalue weighted by atomic mass is 10.1. The number of rotatable bonds is 7. The number of carbonyl (C=O) groups excluding carboxylic acids is 2. The molecule has 1 saturated heterocycles. The zero-order chi connectivity index (χ0) is 21.2. The van der Waals surface area contributed by atoms with Gasteiger partial charge in [0.05, 0.1) is 24.4 Å². The number of carbonyl (C=O) groups is 2. The van der Waals surface area contributed by atoms with Crippen molar-refractivity contribution < 1.29 is 22.7 Å². The Kier molecular flexibility index (Phi) is 6.57. The summed E-state index contributed by atoms with van der Waals surface area (Å²) in [7, 11) is -3.46. The number of piperazine rings is 1. The number of thiophene rings is 1. The van der Waals surface area contributed by atoms with Crippen LogP contribution in [0.1, 0.15) is 39.0 Å². The van der Waals surface area contributed by atoms with E-state index in [-0.39, 0.29) is 18.9 Å². The van der Waals surface area contributed by atoms with Crippen molar-refractivity contribution in [1.29, 1.82) is 0 Å². The molecule has 1 aliphatic heterocycles. The molecule has 0 saturated carbocycles. The lowest BCUT2D eigenvalue weighted by molar-refractivity contribution is 0.0525. The van der Waals surface area contributed by atoms with Crippen LogP contribution in [0.25, 0.3) is 0 Å². The van der Waals surface area contributed by atoms with Crippen LogP contribution in [0.2, 0.25) is 0 Å². The smallest absolute Gasteiger partial charge is 0.340 e. The molecular weight excluding hydrogens is 414 g/mol. The molecule has 0 atom stereocenters. The van der Waals surface area contributed by atoms with Crippen LogP contribution < -0.4 is 0 Å². The monoisotopic (exact) mass is 439 g/mol. The first-order valence-electron chi connectivity index (χ1n) is 9.41. The van der Waals surface area contributed by atoms with Crippen LogP contribution in [0, 0.1) is 13.8 Å². The van der Waals surface area contributed by atoms with Crippen molar-refractivity contribution in [2.75, 3.05) is 39.3 Å². The summed E-state index contributed by atoms with van der Waals surface area (Å²) < 4.78 is 32.1. The maximum atomic E-state index is 12.8. The van der Waals surface area contributed by atoms with Crippen molar-refractivity contribution in [3.05, 3.63) is 40.0 Å². The topological polar surface area (TPSA) is 99.8 Å². The summed E-state index contributed by atoms with van der Waals surface area (Å²) in [6.45, 7) is 7.26. The van der Waals surface area contributed by atoms with Gasteiger partial charge < -0.3 is 9.72 Å².